The molecule has 13 aliphatic rings. The first-order valence-electron chi connectivity index (χ1n) is 48.3. The van der Waals surface area contributed by atoms with E-state index < -0.39 is 0 Å². The van der Waals surface area contributed by atoms with Crippen LogP contribution >= 0.6 is 0 Å². The molecule has 14 nitrogen and oxygen atoms in total. The average Bonchev–Trinajstić information content (AvgIpc) is 1.55. The highest BCUT2D eigenvalue weighted by Gasteiger charge is 2.71. The van der Waals surface area contributed by atoms with Crippen molar-refractivity contribution < 1.29 is 66.7 Å². The number of carbonyl (C=O) groups excluding carboxylic acids is 7. The van der Waals surface area contributed by atoms with Crippen LogP contribution in [0.4, 0.5) is 0 Å². The van der Waals surface area contributed by atoms with Crippen molar-refractivity contribution in [3.63, 3.8) is 0 Å². The monoisotopic (exact) mass is 1850 g/mol. The molecular formula is C116H234O14. The molecule has 13 aliphatic carbocycles. The van der Waals surface area contributed by atoms with Gasteiger partial charge < -0.3 is 33.2 Å². The number of ether oxygens (including phenoxy) is 7. The van der Waals surface area contributed by atoms with Gasteiger partial charge in [-0.25, -0.2) is 0 Å². The largest absolute Gasteiger partial charge is 0.459 e. The van der Waals surface area contributed by atoms with Gasteiger partial charge in [0, 0.05) is 21.7 Å². The molecule has 12 bridgehead atoms. The lowest BCUT2D eigenvalue weighted by Gasteiger charge is -2.51. The molecule has 0 spiro atoms. The molecule has 0 radical (unpaired) electrons. The standard InChI is InChI=1S/C17H30O2.C16H28O2.C15H26O2.2C14H24O2.C13H22O2.C13H24O2.14CH4/c1-8-14(2,3)13(18)19-17(7)15(4,5)12-9-10-16(17,6)11-12;1-7-11(2)13(17)18-16(6)14(3,4)12-8-9-15(16,5)10-12;1-5-14(3,4)13(16)17-15(6-2)10-11-7-8-12(15)9-11;1-5-13(2,3)12(15)16-14(4)9-10-6-7-11(14)8-10;1-4-10(3)13(15)16-14(5-2)9-11-6-7-12(14)8-11;1-4-9(2)12(14)15-13(3)8-10-5-6-11(13)7-10;1-4-11(2)12(14)15-13(3)9-7-5-6-8-10-13;;;;;;;;;;;;;;/h12H,8-11H2,1-7H3;11-12H,7-10H2,1-6H3;11-12H,5-10H2,1-4H3;10-11H,5-9H2,1-4H3;10-12H,4-9H2,1-3H3;9-11H,4-8H2,1-3H3;11H,4-10H2,1-3H3;14*1H4. The molecule has 0 heterocycles. The molecule has 13 saturated carbocycles. The lowest BCUT2D eigenvalue weighted by Crippen LogP contribution is -2.55. The van der Waals surface area contributed by atoms with Crippen molar-refractivity contribution in [2.75, 3.05) is 0 Å². The third kappa shape index (κ3) is 30.4. The van der Waals surface area contributed by atoms with E-state index in [-0.39, 0.29) is 247 Å². The van der Waals surface area contributed by atoms with E-state index in [0.29, 0.717) is 35.5 Å². The Bertz CT molecular complexity index is 3270. The number of esters is 7. The van der Waals surface area contributed by atoms with Crippen LogP contribution in [0, 0.1) is 121 Å². The van der Waals surface area contributed by atoms with Crippen molar-refractivity contribution in [3.8, 4) is 0 Å². The van der Waals surface area contributed by atoms with E-state index in [9.17, 15) is 33.6 Å². The summed E-state index contributed by atoms with van der Waals surface area (Å²) in [6.45, 7) is 62.9. The lowest BCUT2D eigenvalue weighted by atomic mass is 9.61. The summed E-state index contributed by atoms with van der Waals surface area (Å²) in [6, 6.07) is 0. The van der Waals surface area contributed by atoms with E-state index in [1.54, 1.807) is 0 Å². The van der Waals surface area contributed by atoms with Gasteiger partial charge in [-0.3, -0.25) is 33.6 Å². The summed E-state index contributed by atoms with van der Waals surface area (Å²) in [6.07, 6.45) is 42.4. The predicted molar refractivity (Wildman–Crippen MR) is 563 cm³/mol. The maximum Gasteiger partial charge on any atom is 0.312 e. The van der Waals surface area contributed by atoms with Crippen LogP contribution in [0.15, 0.2) is 0 Å². The molecule has 782 valence electrons. The normalized spacial score (nSPS) is 33.3. The maximum absolute atomic E-state index is 12.5. The van der Waals surface area contributed by atoms with Gasteiger partial charge in [0.05, 0.1) is 39.9 Å². The maximum atomic E-state index is 12.5. The van der Waals surface area contributed by atoms with Crippen LogP contribution in [0.3, 0.4) is 0 Å². The van der Waals surface area contributed by atoms with Crippen LogP contribution in [0.1, 0.15) is 549 Å². The number of carbonyl (C=O) groups is 7. The van der Waals surface area contributed by atoms with Gasteiger partial charge in [-0.05, 0) is 360 Å². The highest BCUT2D eigenvalue weighted by molar-refractivity contribution is 5.78. The fourth-order valence-electron chi connectivity index (χ4n) is 23.8. The van der Waals surface area contributed by atoms with E-state index in [1.807, 2.05) is 104 Å². The van der Waals surface area contributed by atoms with Crippen LogP contribution in [-0.2, 0) is 66.7 Å². The predicted octanol–water partition coefficient (Wildman–Crippen LogP) is 35.5. The minimum Gasteiger partial charge on any atom is -0.459 e. The van der Waals surface area contributed by atoms with Gasteiger partial charge in [-0.15, -0.1) is 0 Å². The van der Waals surface area contributed by atoms with Gasteiger partial charge in [-0.2, -0.15) is 0 Å². The molecule has 0 aromatic rings. The second kappa shape index (κ2) is 55.2. The molecule has 130 heavy (non-hydrogen) atoms. The van der Waals surface area contributed by atoms with E-state index >= 15 is 0 Å². The van der Waals surface area contributed by atoms with Gasteiger partial charge in [-0.1, -0.05) is 248 Å². The second-order valence-electron chi connectivity index (χ2n) is 45.5. The fraction of sp³-hybridized carbons (Fsp3) is 0.940. The molecule has 0 aliphatic heterocycles. The number of rotatable bonds is 23. The molecule has 22 unspecified atom stereocenters. The Kier molecular flexibility index (Phi) is 60.1. The number of hydrogen-bond acceptors (Lipinski definition) is 14. The summed E-state index contributed by atoms with van der Waals surface area (Å²) in [4.78, 5) is 84.6. The molecule has 22 atom stereocenters. The Labute approximate surface area is 813 Å². The first kappa shape index (κ1) is 142. The van der Waals surface area contributed by atoms with E-state index in [2.05, 4.69) is 104 Å². The second-order valence-corrected chi connectivity index (χ2v) is 45.5. The molecule has 14 heteroatoms. The van der Waals surface area contributed by atoms with Gasteiger partial charge in [0.25, 0.3) is 0 Å². The minimum absolute atomic E-state index is 0. The average molecular weight is 1850 g/mol. The first-order valence-corrected chi connectivity index (χ1v) is 48.3. The zero-order chi connectivity index (χ0) is 87.2. The number of hydrogen-bond donors (Lipinski definition) is 0. The molecule has 0 aromatic carbocycles. The Morgan fingerprint density at radius 2 is 0.554 bits per heavy atom. The van der Waals surface area contributed by atoms with Crippen LogP contribution in [-0.4, -0.2) is 81.0 Å². The third-order valence-corrected chi connectivity index (χ3v) is 36.3. The summed E-state index contributed by atoms with van der Waals surface area (Å²) in [5.41, 5.74) is -1.85. The summed E-state index contributed by atoms with van der Waals surface area (Å²) >= 11 is 0. The van der Waals surface area contributed by atoms with Crippen LogP contribution in [0.25, 0.3) is 0 Å². The molecule has 0 aromatic heterocycles. The van der Waals surface area contributed by atoms with E-state index in [1.165, 1.54) is 141 Å². The van der Waals surface area contributed by atoms with Gasteiger partial charge in [0.1, 0.15) is 39.2 Å². The van der Waals surface area contributed by atoms with Crippen molar-refractivity contribution in [2.24, 2.45) is 121 Å². The zero-order valence-corrected chi connectivity index (χ0v) is 80.5. The van der Waals surface area contributed by atoms with Crippen molar-refractivity contribution in [3.05, 3.63) is 0 Å². The summed E-state index contributed by atoms with van der Waals surface area (Å²) in [5.74, 6) is 7.37. The van der Waals surface area contributed by atoms with Crippen LogP contribution in [0.2, 0.25) is 0 Å². The SMILES string of the molecule is C.C.C.C.C.C.C.C.C.C.C.C.C.C.CCC(C)(C)C(=O)OC1(C)C2(C)CCC(C2)C1(C)C.CCC(C)(C)C(=O)OC1(C)CC2CCC1C2.CCC(C)(C)C(=O)OC1(CC)CC2CCC1C2.CCC(C)C(=O)OC1(C)C2(C)CCC(C2)C1(C)C.CCC(C)C(=O)OC1(C)CC2CCC1C2.CCC(C)C(=O)OC1(C)CCCCCC1.CCC(C)C(=O)OC1(CC)CC2CCC1C2. The van der Waals surface area contributed by atoms with Crippen molar-refractivity contribution in [1.29, 1.82) is 0 Å². The van der Waals surface area contributed by atoms with Gasteiger partial charge in [0.15, 0.2) is 0 Å². The fourth-order valence-corrected chi connectivity index (χ4v) is 23.8. The van der Waals surface area contributed by atoms with Crippen LogP contribution in [0.5, 0.6) is 0 Å². The van der Waals surface area contributed by atoms with Crippen molar-refractivity contribution in [1.82, 2.24) is 0 Å². The van der Waals surface area contributed by atoms with E-state index in [4.69, 9.17) is 33.2 Å². The third-order valence-electron chi connectivity index (χ3n) is 36.3. The Morgan fingerprint density at radius 1 is 0.285 bits per heavy atom. The molecule has 13 rings (SSSR count). The van der Waals surface area contributed by atoms with Gasteiger partial charge >= 0.3 is 41.8 Å². The molecule has 0 saturated heterocycles. The smallest absolute Gasteiger partial charge is 0.312 e. The summed E-state index contributed by atoms with van der Waals surface area (Å²) in [5, 5.41) is 0. The number of fused-ring (bicyclic) bond motifs is 12. The van der Waals surface area contributed by atoms with Gasteiger partial charge in [0.2, 0.25) is 0 Å². The molecule has 0 N–H and O–H groups in total. The quantitative estimate of drug-likeness (QED) is 0.0535. The summed E-state index contributed by atoms with van der Waals surface area (Å²) < 4.78 is 41.4. The van der Waals surface area contributed by atoms with Crippen molar-refractivity contribution in [2.45, 2.75) is 588 Å². The summed E-state index contributed by atoms with van der Waals surface area (Å²) in [7, 11) is 0. The Balaban J connectivity index is -0.000000219. The van der Waals surface area contributed by atoms with Crippen LogP contribution < -0.4 is 0 Å². The highest BCUT2D eigenvalue weighted by Crippen LogP contribution is 2.71. The first-order chi connectivity index (χ1) is 53.7. The minimum atomic E-state index is -0.378. The Morgan fingerprint density at radius 3 is 0.823 bits per heavy atom. The topological polar surface area (TPSA) is 184 Å². The highest BCUT2D eigenvalue weighted by atomic mass is 16.6. The lowest BCUT2D eigenvalue weighted by molar-refractivity contribution is -0.202. The zero-order valence-electron chi connectivity index (χ0n) is 80.5. The Hall–Kier alpha value is -3.71. The van der Waals surface area contributed by atoms with Crippen molar-refractivity contribution >= 4 is 41.8 Å². The van der Waals surface area contributed by atoms with E-state index in [0.717, 1.165) is 120 Å². The molecule has 0 amide bonds. The molecular weight excluding hydrogens is 1620 g/mol. The molecule has 13 fully saturated rings.